The van der Waals surface area contributed by atoms with Gasteiger partial charge in [-0.15, -0.1) is 0 Å². The Bertz CT molecular complexity index is 659. The number of amides is 1. The Labute approximate surface area is 136 Å². The van der Waals surface area contributed by atoms with E-state index >= 15 is 0 Å². The van der Waals surface area contributed by atoms with Crippen molar-refractivity contribution < 1.29 is 9.90 Å². The molecule has 0 bridgehead atoms. The summed E-state index contributed by atoms with van der Waals surface area (Å²) in [5, 5.41) is 12.3. The highest BCUT2D eigenvalue weighted by Crippen LogP contribution is 2.14. The molecule has 0 saturated heterocycles. The Morgan fingerprint density at radius 3 is 2.70 bits per heavy atom. The Hall–Kier alpha value is -2.40. The molecule has 1 aromatic carbocycles. The van der Waals surface area contributed by atoms with Crippen LogP contribution < -0.4 is 5.32 Å². The van der Waals surface area contributed by atoms with Gasteiger partial charge in [0.1, 0.15) is 5.82 Å². The molecule has 122 valence electrons. The lowest BCUT2D eigenvalue weighted by Gasteiger charge is -2.16. The molecule has 2 N–H and O–H groups in total. The van der Waals surface area contributed by atoms with E-state index in [4.69, 9.17) is 0 Å². The molecule has 5 heteroatoms. The van der Waals surface area contributed by atoms with Crippen molar-refractivity contribution in [2.75, 3.05) is 6.61 Å². The van der Waals surface area contributed by atoms with Gasteiger partial charge in [0.2, 0.25) is 5.91 Å². The lowest BCUT2D eigenvalue weighted by molar-refractivity contribution is -0.117. The third kappa shape index (κ3) is 4.53. The van der Waals surface area contributed by atoms with Crippen LogP contribution in [0.4, 0.5) is 0 Å². The van der Waals surface area contributed by atoms with Crippen molar-refractivity contribution in [2.45, 2.75) is 32.9 Å². The number of imidazole rings is 1. The van der Waals surface area contributed by atoms with Crippen molar-refractivity contribution >= 4 is 12.0 Å². The molecule has 1 aromatic heterocycles. The van der Waals surface area contributed by atoms with Crippen LogP contribution in [-0.2, 0) is 17.8 Å². The Balaban J connectivity index is 2.01. The fourth-order valence-corrected chi connectivity index (χ4v) is 2.34. The van der Waals surface area contributed by atoms with Crippen molar-refractivity contribution in [2.24, 2.45) is 0 Å². The Morgan fingerprint density at radius 2 is 2.09 bits per heavy atom. The van der Waals surface area contributed by atoms with Crippen LogP contribution in [0.15, 0.2) is 42.7 Å². The van der Waals surface area contributed by atoms with E-state index < -0.39 is 6.04 Å². The quantitative estimate of drug-likeness (QED) is 0.771. The highest BCUT2D eigenvalue weighted by atomic mass is 16.3. The number of aliphatic hydroxyl groups excluding tert-OH is 1. The highest BCUT2D eigenvalue weighted by Gasteiger charge is 2.12. The topological polar surface area (TPSA) is 67.2 Å². The largest absolute Gasteiger partial charge is 0.394 e. The van der Waals surface area contributed by atoms with Gasteiger partial charge in [-0.25, -0.2) is 4.98 Å². The summed E-state index contributed by atoms with van der Waals surface area (Å²) in [5.41, 5.74) is 2.12. The summed E-state index contributed by atoms with van der Waals surface area (Å²) in [5.74, 6) is 0.477. The van der Waals surface area contributed by atoms with E-state index in [-0.39, 0.29) is 12.5 Å². The first kappa shape index (κ1) is 17.0. The van der Waals surface area contributed by atoms with Crippen molar-refractivity contribution in [1.29, 1.82) is 0 Å². The molecule has 0 radical (unpaired) electrons. The summed E-state index contributed by atoms with van der Waals surface area (Å²) in [7, 11) is 0. The summed E-state index contributed by atoms with van der Waals surface area (Å²) in [6, 6.07) is 7.49. The van der Waals surface area contributed by atoms with E-state index in [9.17, 15) is 9.90 Å². The van der Waals surface area contributed by atoms with Crippen LogP contribution in [0.2, 0.25) is 0 Å². The minimum Gasteiger partial charge on any atom is -0.394 e. The van der Waals surface area contributed by atoms with E-state index in [1.165, 1.54) is 11.6 Å². The number of aryl methyl sites for hydroxylation is 2. The smallest absolute Gasteiger partial charge is 0.244 e. The fourth-order valence-electron chi connectivity index (χ4n) is 2.34. The van der Waals surface area contributed by atoms with E-state index in [0.29, 0.717) is 0 Å². The number of aromatic nitrogens is 2. The van der Waals surface area contributed by atoms with Gasteiger partial charge in [0, 0.05) is 25.0 Å². The zero-order valence-corrected chi connectivity index (χ0v) is 13.6. The number of hydrogen-bond donors (Lipinski definition) is 2. The average molecular weight is 313 g/mol. The molecular formula is C18H23N3O2. The van der Waals surface area contributed by atoms with Gasteiger partial charge in [0.05, 0.1) is 12.6 Å². The van der Waals surface area contributed by atoms with Crippen molar-refractivity contribution in [3.8, 4) is 0 Å². The van der Waals surface area contributed by atoms with E-state index in [1.54, 1.807) is 12.3 Å². The molecular weight excluding hydrogens is 290 g/mol. The summed E-state index contributed by atoms with van der Waals surface area (Å²) in [6.45, 7) is 4.76. The van der Waals surface area contributed by atoms with Crippen LogP contribution in [0.3, 0.4) is 0 Å². The first-order valence-electron chi connectivity index (χ1n) is 7.87. The number of rotatable bonds is 7. The number of nitrogens with zero attached hydrogens (tertiary/aromatic N) is 2. The minimum atomic E-state index is -0.413. The summed E-state index contributed by atoms with van der Waals surface area (Å²) in [4.78, 5) is 16.2. The van der Waals surface area contributed by atoms with Gasteiger partial charge in [-0.1, -0.05) is 31.2 Å². The van der Waals surface area contributed by atoms with Crippen molar-refractivity contribution in [3.05, 3.63) is 59.7 Å². The zero-order chi connectivity index (χ0) is 16.7. The van der Waals surface area contributed by atoms with Gasteiger partial charge in [0.15, 0.2) is 0 Å². The number of hydrogen-bond acceptors (Lipinski definition) is 3. The van der Waals surface area contributed by atoms with Gasteiger partial charge in [-0.3, -0.25) is 4.79 Å². The van der Waals surface area contributed by atoms with Crippen LogP contribution in [0.5, 0.6) is 0 Å². The molecule has 1 heterocycles. The molecule has 5 nitrogen and oxygen atoms in total. The second kappa shape index (κ2) is 8.29. The molecule has 1 amide bonds. The third-order valence-electron chi connectivity index (χ3n) is 3.76. The molecule has 0 aliphatic heterocycles. The first-order chi connectivity index (χ1) is 11.2. The number of nitrogens with one attached hydrogen (secondary N) is 1. The Morgan fingerprint density at radius 1 is 1.35 bits per heavy atom. The number of aliphatic hydroxyl groups is 1. The third-order valence-corrected chi connectivity index (χ3v) is 3.76. The van der Waals surface area contributed by atoms with Crippen LogP contribution in [0.1, 0.15) is 36.8 Å². The highest BCUT2D eigenvalue weighted by molar-refractivity contribution is 5.91. The maximum atomic E-state index is 12.1. The number of carbonyl (C=O) groups excluding carboxylic acids is 1. The van der Waals surface area contributed by atoms with Crippen LogP contribution in [-0.4, -0.2) is 27.2 Å². The van der Waals surface area contributed by atoms with Gasteiger partial charge < -0.3 is 15.0 Å². The van der Waals surface area contributed by atoms with E-state index in [0.717, 1.165) is 24.4 Å². The van der Waals surface area contributed by atoms with Crippen molar-refractivity contribution in [3.63, 3.8) is 0 Å². The van der Waals surface area contributed by atoms with Gasteiger partial charge in [-0.2, -0.15) is 0 Å². The molecule has 1 atom stereocenters. The van der Waals surface area contributed by atoms with Gasteiger partial charge in [0.25, 0.3) is 0 Å². The lowest BCUT2D eigenvalue weighted by atomic mass is 10.0. The molecule has 0 spiro atoms. The monoisotopic (exact) mass is 313 g/mol. The van der Waals surface area contributed by atoms with Gasteiger partial charge >= 0.3 is 0 Å². The Kier molecular flexibility index (Phi) is 6.11. The second-order valence-corrected chi connectivity index (χ2v) is 5.24. The van der Waals surface area contributed by atoms with Crippen LogP contribution in [0.25, 0.3) is 6.08 Å². The standard InChI is InChI=1S/C18H23N3O2/c1-3-14-5-7-15(8-6-14)16(13-22)20-18(23)10-9-17-19-11-12-21(17)4-2/h5-12,16,22H,3-4,13H2,1-2H3,(H,20,23)/b10-9+. The summed E-state index contributed by atoms with van der Waals surface area (Å²) in [6.07, 6.45) is 7.64. The maximum Gasteiger partial charge on any atom is 0.244 e. The zero-order valence-electron chi connectivity index (χ0n) is 13.6. The molecule has 0 aliphatic carbocycles. The van der Waals surface area contributed by atoms with Crippen LogP contribution in [0, 0.1) is 0 Å². The lowest BCUT2D eigenvalue weighted by Crippen LogP contribution is -2.29. The van der Waals surface area contributed by atoms with Crippen molar-refractivity contribution in [1.82, 2.24) is 14.9 Å². The maximum absolute atomic E-state index is 12.1. The molecule has 2 aromatic rings. The molecule has 23 heavy (non-hydrogen) atoms. The molecule has 0 fully saturated rings. The predicted octanol–water partition coefficient (Wildman–Crippen LogP) is 2.33. The SMILES string of the molecule is CCc1ccc(C(CO)NC(=O)/C=C/c2nccn2CC)cc1. The van der Waals surface area contributed by atoms with Crippen LogP contribution >= 0.6 is 0 Å². The minimum absolute atomic E-state index is 0.144. The molecule has 0 saturated carbocycles. The summed E-state index contributed by atoms with van der Waals surface area (Å²) >= 11 is 0. The predicted molar refractivity (Wildman–Crippen MR) is 90.7 cm³/mol. The summed E-state index contributed by atoms with van der Waals surface area (Å²) < 4.78 is 1.94. The van der Waals surface area contributed by atoms with E-state index in [2.05, 4.69) is 17.2 Å². The van der Waals surface area contributed by atoms with Gasteiger partial charge in [-0.05, 0) is 30.5 Å². The molecule has 1 unspecified atom stereocenters. The molecule has 0 aliphatic rings. The molecule has 2 rings (SSSR count). The first-order valence-corrected chi connectivity index (χ1v) is 7.87. The number of carbonyl (C=O) groups is 1. The second-order valence-electron chi connectivity index (χ2n) is 5.24. The fraction of sp³-hybridized carbons (Fsp3) is 0.333. The average Bonchev–Trinajstić information content (AvgIpc) is 3.05. The number of benzene rings is 1. The normalized spacial score (nSPS) is 12.5. The van der Waals surface area contributed by atoms with E-state index in [1.807, 2.05) is 42.0 Å².